The van der Waals surface area contributed by atoms with Crippen LogP contribution in [0.1, 0.15) is 70.2 Å². The Kier molecular flexibility index (Phi) is 66.0. The van der Waals surface area contributed by atoms with Crippen LogP contribution in [0, 0.1) is 0 Å². The molecule has 0 aromatic rings. The Hall–Kier alpha value is -2.74. The van der Waals surface area contributed by atoms with Crippen LogP contribution >= 0.6 is 0 Å². The second-order valence-corrected chi connectivity index (χ2v) is 6.29. The summed E-state index contributed by atoms with van der Waals surface area (Å²) in [7, 11) is 2.76. The Labute approximate surface area is 245 Å². The maximum Gasteiger partial charge on any atom is 0.431 e. The lowest BCUT2D eigenvalue weighted by atomic mass is 10.3. The normalized spacial score (nSPS) is 9.15. The summed E-state index contributed by atoms with van der Waals surface area (Å²) in [6.45, 7) is 7.67. The van der Waals surface area contributed by atoms with Gasteiger partial charge in [0.05, 0.1) is 20.3 Å². The largest absolute Gasteiger partial charge is 0.447 e. The molecule has 3 N–H and O–H groups in total. The van der Waals surface area contributed by atoms with Gasteiger partial charge in [-0.25, -0.2) is 9.59 Å². The van der Waals surface area contributed by atoms with Crippen molar-refractivity contribution in [2.24, 2.45) is 0 Å². The monoisotopic (exact) mass is 589 g/mol. The van der Waals surface area contributed by atoms with Crippen LogP contribution in [0.25, 0.3) is 0 Å². The van der Waals surface area contributed by atoms with Gasteiger partial charge in [-0.1, -0.05) is 44.6 Å². The van der Waals surface area contributed by atoms with Crippen molar-refractivity contribution in [3.05, 3.63) is 13.2 Å². The second-order valence-electron chi connectivity index (χ2n) is 6.29. The number of rotatable bonds is 20. The summed E-state index contributed by atoms with van der Waals surface area (Å²) in [5, 5.41) is 5.20. The Bertz CT molecular complexity index is 541. The Morgan fingerprint density at radius 3 is 1.90 bits per heavy atom. The third-order valence-electron chi connectivity index (χ3n) is 3.64. The van der Waals surface area contributed by atoms with E-state index in [1.165, 1.54) is 14.2 Å². The highest BCUT2D eigenvalue weighted by Crippen LogP contribution is 2.00. The van der Waals surface area contributed by atoms with Gasteiger partial charge in [0.1, 0.15) is 25.6 Å². The van der Waals surface area contributed by atoms with E-state index >= 15 is 0 Å². The predicted octanol–water partition coefficient (Wildman–Crippen LogP) is 4.54. The third-order valence-corrected chi connectivity index (χ3v) is 3.64. The van der Waals surface area contributed by atoms with E-state index in [-0.39, 0.29) is 83.3 Å². The average molecular weight is 590 g/mol. The van der Waals surface area contributed by atoms with Crippen molar-refractivity contribution in [3.8, 4) is 0 Å². The molecule has 3 amide bonds. The zero-order valence-corrected chi connectivity index (χ0v) is 20.1. The molecular weight excluding hydrogens is 526 g/mol. The van der Waals surface area contributed by atoms with Gasteiger partial charge in [-0.2, -0.15) is 5.48 Å². The highest BCUT2D eigenvalue weighted by Gasteiger charge is 2.16. The Morgan fingerprint density at radius 2 is 1.35 bits per heavy atom. The molecule has 0 rings (SSSR count). The fourth-order valence-electron chi connectivity index (χ4n) is 2.11. The van der Waals surface area contributed by atoms with Gasteiger partial charge in [0.15, 0.2) is 0 Å². The van der Waals surface area contributed by atoms with Crippen LogP contribution < -0.4 is 16.1 Å². The van der Waals surface area contributed by atoms with Gasteiger partial charge >= 0.3 is 12.2 Å². The van der Waals surface area contributed by atoms with Crippen molar-refractivity contribution in [1.82, 2.24) is 16.1 Å². The molecule has 0 fully saturated rings. The van der Waals surface area contributed by atoms with E-state index in [0.717, 1.165) is 6.29 Å². The fraction of sp³-hybridized carbons (Fsp3) is 0.778. The van der Waals surface area contributed by atoms with Gasteiger partial charge in [-0.05, 0) is 12.8 Å². The van der Waals surface area contributed by atoms with E-state index in [1.54, 1.807) is 0 Å². The molecule has 40 heavy (non-hydrogen) atoms. The first-order valence-electron chi connectivity index (χ1n) is 10.8. The smallest absolute Gasteiger partial charge is 0.431 e. The topological polar surface area (TPSA) is 160 Å². The van der Waals surface area contributed by atoms with Crippen LogP contribution in [-0.4, -0.2) is 97.4 Å². The van der Waals surface area contributed by atoms with Crippen molar-refractivity contribution in [2.45, 2.75) is 76.3 Å². The molecule has 0 saturated carbocycles. The minimum absolute atomic E-state index is 0. The van der Waals surface area contributed by atoms with Gasteiger partial charge in [-0.15, -0.1) is 13.2 Å². The number of ether oxygens (including phenoxy) is 5. The molecule has 0 bridgehead atoms. The number of alkyl carbamates (subject to hydrolysis) is 1. The van der Waals surface area contributed by atoms with E-state index in [4.69, 9.17) is 23.7 Å². The number of amides is 3. The van der Waals surface area contributed by atoms with Crippen molar-refractivity contribution in [1.29, 1.82) is 0 Å². The van der Waals surface area contributed by atoms with Crippen LogP contribution in [0.2, 0.25) is 0 Å². The summed E-state index contributed by atoms with van der Waals surface area (Å²) in [5.41, 5.74) is 1.99. The number of methoxy groups -OCH3 is 1. The van der Waals surface area contributed by atoms with Crippen LogP contribution in [0.4, 0.5) is 9.59 Å². The van der Waals surface area contributed by atoms with Crippen molar-refractivity contribution < 1.29 is 47.7 Å². The number of aldehydes is 1. The summed E-state index contributed by atoms with van der Waals surface area (Å²) in [5.74, 6) is -0.161. The second kappa shape index (κ2) is 46.1. The Balaban J connectivity index is -0.000000208. The molecular formula is C27H63N3O10. The molecule has 0 aromatic heterocycles. The van der Waals surface area contributed by atoms with Gasteiger partial charge in [0.25, 0.3) is 0 Å². The third kappa shape index (κ3) is 42.4. The molecule has 0 saturated heterocycles. The van der Waals surface area contributed by atoms with Gasteiger partial charge in [0, 0.05) is 46.3 Å². The first-order chi connectivity index (χ1) is 16.5. The molecule has 1 atom stereocenters. The standard InChI is InChI=1S/C19H35N3O10.C2H4.6CH4/c1-27-12-7-21-18(25)31-14-16(15-32-19(26)22-28-2)30-11-5-6-17(24)20-8-13-29-10-4-3-9-23;1-2;;;;;;/h9,16H,3-8,10-15H2,1-2H3,(H,20,24)(H,21,25)(H,22,26);1-2H2;6*1H4. The molecule has 13 heteroatoms. The lowest BCUT2D eigenvalue weighted by Crippen LogP contribution is -2.35. The number of unbranched alkanes of at least 4 members (excludes halogenated alkanes) is 1. The highest BCUT2D eigenvalue weighted by molar-refractivity contribution is 5.75. The molecule has 246 valence electrons. The maximum absolute atomic E-state index is 11.8. The lowest BCUT2D eigenvalue weighted by molar-refractivity contribution is -0.121. The molecule has 0 aliphatic heterocycles. The zero-order chi connectivity index (χ0) is 25.9. The number of nitrogens with one attached hydrogen (secondary N) is 3. The number of hydroxylamine groups is 1. The molecule has 0 aliphatic rings. The summed E-state index contributed by atoms with van der Waals surface area (Å²) < 4.78 is 25.6. The first-order valence-corrected chi connectivity index (χ1v) is 10.8. The zero-order valence-electron chi connectivity index (χ0n) is 20.1. The maximum atomic E-state index is 11.8. The predicted molar refractivity (Wildman–Crippen MR) is 162 cm³/mol. The van der Waals surface area contributed by atoms with Crippen molar-refractivity contribution in [2.75, 3.05) is 67.0 Å². The summed E-state index contributed by atoms with van der Waals surface area (Å²) in [6.07, 6.45) is 0.373. The van der Waals surface area contributed by atoms with Crippen molar-refractivity contribution >= 4 is 24.4 Å². The van der Waals surface area contributed by atoms with Crippen molar-refractivity contribution in [3.63, 3.8) is 0 Å². The SMILES string of the molecule is C.C.C.C.C.C.C=C.COCCNC(=O)OCC(COC(=O)NOC)OCCCC(=O)NCCOCCCC=O. The number of hydrogen-bond donors (Lipinski definition) is 3. The fourth-order valence-corrected chi connectivity index (χ4v) is 2.11. The van der Waals surface area contributed by atoms with E-state index in [1.807, 2.05) is 5.48 Å². The summed E-state index contributed by atoms with van der Waals surface area (Å²) in [6, 6.07) is 0. The van der Waals surface area contributed by atoms with E-state index < -0.39 is 18.3 Å². The summed E-state index contributed by atoms with van der Waals surface area (Å²) in [4.78, 5) is 49.4. The molecule has 0 spiro atoms. The molecule has 13 nitrogen and oxygen atoms in total. The van der Waals surface area contributed by atoms with Crippen LogP contribution in [0.15, 0.2) is 13.2 Å². The molecule has 0 aliphatic carbocycles. The molecule has 0 aromatic carbocycles. The van der Waals surface area contributed by atoms with E-state index in [0.29, 0.717) is 45.6 Å². The Morgan fingerprint density at radius 1 is 0.775 bits per heavy atom. The quantitative estimate of drug-likeness (QED) is 0.0796. The van der Waals surface area contributed by atoms with Gasteiger partial charge < -0.3 is 39.1 Å². The lowest BCUT2D eigenvalue weighted by Gasteiger charge is -2.18. The molecule has 0 heterocycles. The van der Waals surface area contributed by atoms with E-state index in [9.17, 15) is 19.2 Å². The highest BCUT2D eigenvalue weighted by atomic mass is 16.7. The number of carbonyl (C=O) groups excluding carboxylic acids is 4. The van der Waals surface area contributed by atoms with E-state index in [2.05, 4.69) is 28.6 Å². The first kappa shape index (κ1) is 57.2. The number of carbonyl (C=O) groups is 4. The molecule has 0 radical (unpaired) electrons. The minimum Gasteiger partial charge on any atom is -0.447 e. The van der Waals surface area contributed by atoms with Crippen LogP contribution in [0.5, 0.6) is 0 Å². The van der Waals surface area contributed by atoms with Crippen LogP contribution in [-0.2, 0) is 38.1 Å². The van der Waals surface area contributed by atoms with Gasteiger partial charge in [-0.3, -0.25) is 9.63 Å². The number of hydrogen-bond acceptors (Lipinski definition) is 10. The van der Waals surface area contributed by atoms with Gasteiger partial charge in [0.2, 0.25) is 5.91 Å². The van der Waals surface area contributed by atoms with Crippen LogP contribution in [0.3, 0.4) is 0 Å². The summed E-state index contributed by atoms with van der Waals surface area (Å²) >= 11 is 0. The minimum atomic E-state index is -0.821. The average Bonchev–Trinajstić information content (AvgIpc) is 2.84. The molecule has 1 unspecified atom stereocenters.